The van der Waals surface area contributed by atoms with E-state index in [4.69, 9.17) is 5.11 Å². The lowest BCUT2D eigenvalue weighted by Crippen LogP contribution is -2.32. The molecule has 0 spiro atoms. The molecule has 14 heavy (non-hydrogen) atoms. The van der Waals surface area contributed by atoms with Crippen molar-refractivity contribution in [2.24, 2.45) is 0 Å². The van der Waals surface area contributed by atoms with Crippen LogP contribution in [0.4, 0.5) is 4.79 Å². The van der Waals surface area contributed by atoms with Crippen molar-refractivity contribution in [3.63, 3.8) is 0 Å². The molecule has 0 aromatic heterocycles. The van der Waals surface area contributed by atoms with Crippen LogP contribution >= 0.6 is 0 Å². The number of hydrogen-bond acceptors (Lipinski definition) is 4. The van der Waals surface area contributed by atoms with E-state index < -0.39 is 6.09 Å². The Hall–Kier alpha value is -1.30. The number of carbonyl (C=O) groups is 2. The molecule has 2 N–H and O–H groups in total. The van der Waals surface area contributed by atoms with Gasteiger partial charge in [0.15, 0.2) is 0 Å². The number of carbonyl (C=O) groups excluding carboxylic acids is 2. The summed E-state index contributed by atoms with van der Waals surface area (Å²) in [6.07, 6.45) is -0.302. The molecule has 2 amide bonds. The highest BCUT2D eigenvalue weighted by atomic mass is 16.6. The molecular formula is C8H16N2O4. The first-order valence-electron chi connectivity index (χ1n) is 4.31. The number of amides is 2. The topological polar surface area (TPSA) is 78.9 Å². The Bertz CT molecular complexity index is 196. The fourth-order valence-electron chi connectivity index (χ4n) is 0.729. The van der Waals surface area contributed by atoms with Gasteiger partial charge < -0.3 is 20.1 Å². The molecule has 0 aromatic rings. The Morgan fingerprint density at radius 2 is 2.14 bits per heavy atom. The average Bonchev–Trinajstić information content (AvgIpc) is 2.21. The van der Waals surface area contributed by atoms with E-state index in [2.05, 4.69) is 10.1 Å². The summed E-state index contributed by atoms with van der Waals surface area (Å²) in [5.41, 5.74) is 0. The van der Waals surface area contributed by atoms with E-state index in [1.165, 1.54) is 19.0 Å². The minimum absolute atomic E-state index is 0.0247. The van der Waals surface area contributed by atoms with E-state index in [9.17, 15) is 9.59 Å². The van der Waals surface area contributed by atoms with Gasteiger partial charge in [0.25, 0.3) is 0 Å². The van der Waals surface area contributed by atoms with Crippen molar-refractivity contribution in [1.29, 1.82) is 0 Å². The standard InChI is InChI=1S/C8H16N2O4/c1-9-7(12)3-4-10(2)8(13)14-6-5-11/h11H,3-6H2,1-2H3,(H,9,12). The van der Waals surface area contributed by atoms with Gasteiger partial charge in [-0.05, 0) is 0 Å². The molecule has 0 atom stereocenters. The summed E-state index contributed by atoms with van der Waals surface area (Å²) in [5.74, 6) is -0.133. The van der Waals surface area contributed by atoms with Crippen molar-refractivity contribution in [1.82, 2.24) is 10.2 Å². The zero-order valence-corrected chi connectivity index (χ0v) is 8.45. The highest BCUT2D eigenvalue weighted by Gasteiger charge is 2.10. The first kappa shape index (κ1) is 12.7. The van der Waals surface area contributed by atoms with Crippen molar-refractivity contribution in [3.8, 4) is 0 Å². The van der Waals surface area contributed by atoms with Gasteiger partial charge in [-0.2, -0.15) is 0 Å². The third-order valence-corrected chi connectivity index (χ3v) is 1.58. The number of ether oxygens (including phenoxy) is 1. The van der Waals surface area contributed by atoms with Gasteiger partial charge in [-0.1, -0.05) is 0 Å². The molecular weight excluding hydrogens is 188 g/mol. The molecule has 0 saturated carbocycles. The van der Waals surface area contributed by atoms with Crippen molar-refractivity contribution in [2.75, 3.05) is 33.9 Å². The van der Waals surface area contributed by atoms with Gasteiger partial charge in [0.05, 0.1) is 6.61 Å². The van der Waals surface area contributed by atoms with E-state index in [-0.39, 0.29) is 25.5 Å². The van der Waals surface area contributed by atoms with E-state index in [0.29, 0.717) is 6.54 Å². The van der Waals surface area contributed by atoms with Gasteiger partial charge in [0, 0.05) is 27.1 Å². The maximum absolute atomic E-state index is 11.1. The second kappa shape index (κ2) is 7.14. The van der Waals surface area contributed by atoms with Crippen molar-refractivity contribution >= 4 is 12.0 Å². The first-order valence-corrected chi connectivity index (χ1v) is 4.31. The lowest BCUT2D eigenvalue weighted by Gasteiger charge is -2.15. The third kappa shape index (κ3) is 5.36. The van der Waals surface area contributed by atoms with E-state index in [1.54, 1.807) is 0 Å². The summed E-state index contributed by atoms with van der Waals surface area (Å²) in [6, 6.07) is 0. The molecule has 0 aliphatic heterocycles. The maximum atomic E-state index is 11.1. The molecule has 6 nitrogen and oxygen atoms in total. The van der Waals surface area contributed by atoms with E-state index in [0.717, 1.165) is 0 Å². The number of hydrogen-bond donors (Lipinski definition) is 2. The van der Waals surface area contributed by atoms with Gasteiger partial charge in [0.1, 0.15) is 6.61 Å². The van der Waals surface area contributed by atoms with Gasteiger partial charge >= 0.3 is 6.09 Å². The Balaban J connectivity index is 3.66. The van der Waals surface area contributed by atoms with E-state index >= 15 is 0 Å². The monoisotopic (exact) mass is 204 g/mol. The van der Waals surface area contributed by atoms with Crippen LogP contribution in [-0.4, -0.2) is 55.9 Å². The Morgan fingerprint density at radius 3 is 2.64 bits per heavy atom. The molecule has 0 aliphatic rings. The lowest BCUT2D eigenvalue weighted by molar-refractivity contribution is -0.120. The van der Waals surface area contributed by atoms with E-state index in [1.807, 2.05) is 0 Å². The Morgan fingerprint density at radius 1 is 1.50 bits per heavy atom. The second-order valence-corrected chi connectivity index (χ2v) is 2.68. The summed E-state index contributed by atoms with van der Waals surface area (Å²) in [7, 11) is 3.06. The number of aliphatic hydroxyl groups excluding tert-OH is 1. The van der Waals surface area contributed by atoms with Crippen LogP contribution in [0.1, 0.15) is 6.42 Å². The fourth-order valence-corrected chi connectivity index (χ4v) is 0.729. The number of nitrogens with zero attached hydrogens (tertiary/aromatic N) is 1. The number of aliphatic hydroxyl groups is 1. The molecule has 0 bridgehead atoms. The molecule has 0 heterocycles. The molecule has 0 aliphatic carbocycles. The quantitative estimate of drug-likeness (QED) is 0.613. The zero-order valence-electron chi connectivity index (χ0n) is 8.45. The summed E-state index contributed by atoms with van der Waals surface area (Å²) in [4.78, 5) is 23.2. The summed E-state index contributed by atoms with van der Waals surface area (Å²) in [6.45, 7) is 0.0715. The molecule has 0 radical (unpaired) electrons. The molecule has 0 fully saturated rings. The van der Waals surface area contributed by atoms with Crippen LogP contribution in [0.2, 0.25) is 0 Å². The normalized spacial score (nSPS) is 9.36. The maximum Gasteiger partial charge on any atom is 0.409 e. The highest BCUT2D eigenvalue weighted by Crippen LogP contribution is 1.92. The lowest BCUT2D eigenvalue weighted by atomic mass is 10.4. The van der Waals surface area contributed by atoms with Gasteiger partial charge in [-0.15, -0.1) is 0 Å². The van der Waals surface area contributed by atoms with Gasteiger partial charge in [-0.25, -0.2) is 4.79 Å². The molecule has 6 heteroatoms. The Kier molecular flexibility index (Phi) is 6.47. The number of rotatable bonds is 5. The second-order valence-electron chi connectivity index (χ2n) is 2.68. The smallest absolute Gasteiger partial charge is 0.409 e. The first-order chi connectivity index (χ1) is 6.61. The van der Waals surface area contributed by atoms with Crippen LogP contribution < -0.4 is 5.32 Å². The predicted octanol–water partition coefficient (Wildman–Crippen LogP) is -0.817. The number of nitrogens with one attached hydrogen (secondary N) is 1. The summed E-state index contributed by atoms with van der Waals surface area (Å²) in [5, 5.41) is 10.8. The fraction of sp³-hybridized carbons (Fsp3) is 0.750. The summed E-state index contributed by atoms with van der Waals surface area (Å²) < 4.78 is 4.62. The van der Waals surface area contributed by atoms with Crippen LogP contribution in [0, 0.1) is 0 Å². The van der Waals surface area contributed by atoms with Crippen LogP contribution in [0.15, 0.2) is 0 Å². The van der Waals surface area contributed by atoms with Crippen LogP contribution in [-0.2, 0) is 9.53 Å². The van der Waals surface area contributed by atoms with Crippen molar-refractivity contribution in [3.05, 3.63) is 0 Å². The minimum atomic E-state index is -0.539. The average molecular weight is 204 g/mol. The zero-order chi connectivity index (χ0) is 11.0. The van der Waals surface area contributed by atoms with Gasteiger partial charge in [-0.3, -0.25) is 4.79 Å². The molecule has 0 rings (SSSR count). The Labute approximate surface area is 82.8 Å². The predicted molar refractivity (Wildman–Crippen MR) is 49.7 cm³/mol. The van der Waals surface area contributed by atoms with Gasteiger partial charge in [0.2, 0.25) is 5.91 Å². The minimum Gasteiger partial charge on any atom is -0.447 e. The highest BCUT2D eigenvalue weighted by molar-refractivity contribution is 5.76. The van der Waals surface area contributed by atoms with Crippen LogP contribution in [0.5, 0.6) is 0 Å². The van der Waals surface area contributed by atoms with Crippen LogP contribution in [0.3, 0.4) is 0 Å². The third-order valence-electron chi connectivity index (χ3n) is 1.58. The largest absolute Gasteiger partial charge is 0.447 e. The summed E-state index contributed by atoms with van der Waals surface area (Å²) >= 11 is 0. The molecule has 0 saturated heterocycles. The SMILES string of the molecule is CNC(=O)CCN(C)C(=O)OCCO. The van der Waals surface area contributed by atoms with Crippen molar-refractivity contribution in [2.45, 2.75) is 6.42 Å². The van der Waals surface area contributed by atoms with Crippen LogP contribution in [0.25, 0.3) is 0 Å². The molecule has 82 valence electrons. The van der Waals surface area contributed by atoms with Crippen molar-refractivity contribution < 1.29 is 19.4 Å². The molecule has 0 unspecified atom stereocenters. The molecule has 0 aromatic carbocycles.